The van der Waals surface area contributed by atoms with Crippen LogP contribution in [0.4, 0.5) is 5.82 Å². The van der Waals surface area contributed by atoms with Crippen molar-refractivity contribution in [3.63, 3.8) is 0 Å². The minimum Gasteiger partial charge on any atom is -0.356 e. The Bertz CT molecular complexity index is 787. The molecule has 138 valence electrons. The van der Waals surface area contributed by atoms with Crippen LogP contribution in [0.15, 0.2) is 24.5 Å². The first-order chi connectivity index (χ1) is 12.7. The van der Waals surface area contributed by atoms with E-state index in [1.54, 1.807) is 6.33 Å². The van der Waals surface area contributed by atoms with E-state index in [2.05, 4.69) is 26.8 Å². The number of aromatic nitrogens is 2. The van der Waals surface area contributed by atoms with Gasteiger partial charge in [-0.3, -0.25) is 4.79 Å². The maximum Gasteiger partial charge on any atom is 0.253 e. The van der Waals surface area contributed by atoms with Gasteiger partial charge in [0.2, 0.25) is 0 Å². The van der Waals surface area contributed by atoms with Gasteiger partial charge in [-0.05, 0) is 57.5 Å². The Hall–Kier alpha value is -2.21. The van der Waals surface area contributed by atoms with Gasteiger partial charge in [0.1, 0.15) is 12.1 Å². The molecule has 2 aliphatic rings. The van der Waals surface area contributed by atoms with Crippen molar-refractivity contribution in [2.45, 2.75) is 25.7 Å². The highest BCUT2D eigenvalue weighted by atomic mass is 16.2. The average Bonchev–Trinajstić information content (AvgIpc) is 2.91. The standard InChI is InChI=1S/C20H27N5O/c1-23-8-5-11-25(13-12-23)20(26)16-6-7-18-17(14-16)19(22-15-21-18)24-9-3-2-4-10-24/h6-7,14-15H,2-5,8-13H2,1H3. The maximum atomic E-state index is 13.0. The lowest BCUT2D eigenvalue weighted by molar-refractivity contribution is 0.0763. The Morgan fingerprint density at radius 2 is 1.77 bits per heavy atom. The molecule has 0 spiro atoms. The third kappa shape index (κ3) is 3.51. The first kappa shape index (κ1) is 17.2. The minimum absolute atomic E-state index is 0.121. The van der Waals surface area contributed by atoms with Crippen molar-refractivity contribution in [2.24, 2.45) is 0 Å². The van der Waals surface area contributed by atoms with Gasteiger partial charge in [0.25, 0.3) is 5.91 Å². The van der Waals surface area contributed by atoms with Crippen LogP contribution in [0.3, 0.4) is 0 Å². The molecule has 2 aromatic rings. The van der Waals surface area contributed by atoms with Crippen molar-refractivity contribution in [3.05, 3.63) is 30.1 Å². The monoisotopic (exact) mass is 353 g/mol. The molecule has 0 atom stereocenters. The van der Waals surface area contributed by atoms with Crippen molar-refractivity contribution in [3.8, 4) is 0 Å². The van der Waals surface area contributed by atoms with Gasteiger partial charge < -0.3 is 14.7 Å². The predicted octanol–water partition coefficient (Wildman–Crippen LogP) is 2.40. The van der Waals surface area contributed by atoms with Crippen molar-refractivity contribution in [1.82, 2.24) is 19.8 Å². The highest BCUT2D eigenvalue weighted by Crippen LogP contribution is 2.27. The van der Waals surface area contributed by atoms with Crippen LogP contribution in [0.25, 0.3) is 10.9 Å². The fourth-order valence-corrected chi connectivity index (χ4v) is 3.97. The van der Waals surface area contributed by atoms with E-state index in [4.69, 9.17) is 0 Å². The average molecular weight is 353 g/mol. The quantitative estimate of drug-likeness (QED) is 0.830. The molecule has 1 amide bonds. The molecule has 0 aliphatic carbocycles. The van der Waals surface area contributed by atoms with Crippen molar-refractivity contribution in [2.75, 3.05) is 51.2 Å². The zero-order valence-corrected chi connectivity index (χ0v) is 15.5. The van der Waals surface area contributed by atoms with Crippen molar-refractivity contribution in [1.29, 1.82) is 0 Å². The molecular weight excluding hydrogens is 326 g/mol. The summed E-state index contributed by atoms with van der Waals surface area (Å²) in [5.41, 5.74) is 1.66. The van der Waals surface area contributed by atoms with Crippen LogP contribution in [0.2, 0.25) is 0 Å². The van der Waals surface area contributed by atoms with E-state index in [9.17, 15) is 4.79 Å². The summed E-state index contributed by atoms with van der Waals surface area (Å²) in [6.07, 6.45) is 6.35. The van der Waals surface area contributed by atoms with Crippen molar-refractivity contribution >= 4 is 22.6 Å². The summed E-state index contributed by atoms with van der Waals surface area (Å²) < 4.78 is 0. The fraction of sp³-hybridized carbons (Fsp3) is 0.550. The molecule has 0 bridgehead atoms. The summed E-state index contributed by atoms with van der Waals surface area (Å²) in [7, 11) is 2.12. The number of likely N-dealkylation sites (N-methyl/N-ethyl adjacent to an activating group) is 1. The number of rotatable bonds is 2. The molecule has 6 heteroatoms. The number of piperidine rings is 1. The van der Waals surface area contributed by atoms with Gasteiger partial charge >= 0.3 is 0 Å². The topological polar surface area (TPSA) is 52.6 Å². The van der Waals surface area contributed by atoms with E-state index in [-0.39, 0.29) is 5.91 Å². The van der Waals surface area contributed by atoms with E-state index < -0.39 is 0 Å². The Balaban J connectivity index is 1.64. The molecule has 1 aromatic heterocycles. The Morgan fingerprint density at radius 3 is 2.62 bits per heavy atom. The van der Waals surface area contributed by atoms with E-state index in [1.807, 2.05) is 23.1 Å². The molecule has 2 saturated heterocycles. The van der Waals surface area contributed by atoms with Crippen LogP contribution in [0.1, 0.15) is 36.0 Å². The third-order valence-electron chi connectivity index (χ3n) is 5.52. The molecule has 26 heavy (non-hydrogen) atoms. The molecule has 6 nitrogen and oxygen atoms in total. The lowest BCUT2D eigenvalue weighted by Crippen LogP contribution is -2.34. The van der Waals surface area contributed by atoms with E-state index in [0.717, 1.165) is 68.0 Å². The highest BCUT2D eigenvalue weighted by molar-refractivity contribution is 6.00. The zero-order valence-electron chi connectivity index (χ0n) is 15.5. The second-order valence-electron chi connectivity index (χ2n) is 7.43. The van der Waals surface area contributed by atoms with Gasteiger partial charge in [0.05, 0.1) is 5.52 Å². The number of benzene rings is 1. The summed E-state index contributed by atoms with van der Waals surface area (Å²) >= 11 is 0. The summed E-state index contributed by atoms with van der Waals surface area (Å²) in [6, 6.07) is 5.87. The maximum absolute atomic E-state index is 13.0. The first-order valence-electron chi connectivity index (χ1n) is 9.70. The summed E-state index contributed by atoms with van der Waals surface area (Å²) in [5.74, 6) is 1.09. The van der Waals surface area contributed by atoms with Crippen LogP contribution in [-0.2, 0) is 0 Å². The van der Waals surface area contributed by atoms with Gasteiger partial charge in [-0.15, -0.1) is 0 Å². The zero-order chi connectivity index (χ0) is 17.9. The largest absolute Gasteiger partial charge is 0.356 e. The van der Waals surface area contributed by atoms with E-state index >= 15 is 0 Å². The summed E-state index contributed by atoms with van der Waals surface area (Å²) in [5, 5.41) is 0.993. The number of fused-ring (bicyclic) bond motifs is 1. The molecule has 1 aromatic carbocycles. The predicted molar refractivity (Wildman–Crippen MR) is 104 cm³/mol. The third-order valence-corrected chi connectivity index (χ3v) is 5.52. The van der Waals surface area contributed by atoms with Gasteiger partial charge in [0, 0.05) is 43.7 Å². The molecule has 4 rings (SSSR count). The lowest BCUT2D eigenvalue weighted by Gasteiger charge is -2.28. The SMILES string of the molecule is CN1CCCN(C(=O)c2ccc3ncnc(N4CCCCC4)c3c2)CC1. The van der Waals surface area contributed by atoms with Gasteiger partial charge in [-0.2, -0.15) is 0 Å². The number of carbonyl (C=O) groups is 1. The Labute approximate surface area is 154 Å². The van der Waals surface area contributed by atoms with Crippen LogP contribution in [0, 0.1) is 0 Å². The molecule has 3 heterocycles. The normalized spacial score (nSPS) is 19.6. The number of carbonyl (C=O) groups excluding carboxylic acids is 1. The first-order valence-corrected chi connectivity index (χ1v) is 9.70. The molecule has 0 unspecified atom stereocenters. The van der Waals surface area contributed by atoms with Crippen LogP contribution >= 0.6 is 0 Å². The number of hydrogen-bond donors (Lipinski definition) is 0. The minimum atomic E-state index is 0.121. The Morgan fingerprint density at radius 1 is 0.923 bits per heavy atom. The molecule has 0 saturated carbocycles. The fourth-order valence-electron chi connectivity index (χ4n) is 3.97. The van der Waals surface area contributed by atoms with Crippen LogP contribution in [-0.4, -0.2) is 72.0 Å². The second-order valence-corrected chi connectivity index (χ2v) is 7.43. The molecule has 2 aliphatic heterocycles. The second kappa shape index (κ2) is 7.58. The number of hydrogen-bond acceptors (Lipinski definition) is 5. The highest BCUT2D eigenvalue weighted by Gasteiger charge is 2.21. The van der Waals surface area contributed by atoms with Crippen LogP contribution < -0.4 is 4.90 Å². The summed E-state index contributed by atoms with van der Waals surface area (Å²) in [4.78, 5) is 28.6. The van der Waals surface area contributed by atoms with E-state index in [1.165, 1.54) is 19.3 Å². The smallest absolute Gasteiger partial charge is 0.253 e. The number of nitrogens with zero attached hydrogens (tertiary/aromatic N) is 5. The molecule has 2 fully saturated rings. The molecular formula is C20H27N5O. The van der Waals surface area contributed by atoms with Crippen LogP contribution in [0.5, 0.6) is 0 Å². The van der Waals surface area contributed by atoms with Gasteiger partial charge in [-0.1, -0.05) is 0 Å². The van der Waals surface area contributed by atoms with Crippen molar-refractivity contribution < 1.29 is 4.79 Å². The number of anilines is 1. The lowest BCUT2D eigenvalue weighted by atomic mass is 10.1. The summed E-state index contributed by atoms with van der Waals surface area (Å²) in [6.45, 7) is 5.66. The van der Waals surface area contributed by atoms with Gasteiger partial charge in [-0.25, -0.2) is 9.97 Å². The Kier molecular flexibility index (Phi) is 5.02. The van der Waals surface area contributed by atoms with Gasteiger partial charge in [0.15, 0.2) is 0 Å². The number of amides is 1. The molecule has 0 N–H and O–H groups in total. The van der Waals surface area contributed by atoms with E-state index in [0.29, 0.717) is 0 Å². The molecule has 0 radical (unpaired) electrons.